The molecule has 0 aliphatic carbocycles. The van der Waals surface area contributed by atoms with Gasteiger partial charge in [-0.2, -0.15) is 13.2 Å². The maximum absolute atomic E-state index is 12.5. The number of alkyl halides is 3. The highest BCUT2D eigenvalue weighted by atomic mass is 19.4. The van der Waals surface area contributed by atoms with E-state index in [1.807, 2.05) is 11.4 Å². The number of carbonyl (C=O) groups is 2. The van der Waals surface area contributed by atoms with Gasteiger partial charge in [0.05, 0.1) is 5.69 Å². The van der Waals surface area contributed by atoms with E-state index < -0.39 is 24.7 Å². The molecule has 3 heterocycles. The van der Waals surface area contributed by atoms with Crippen molar-refractivity contribution in [2.45, 2.75) is 46.0 Å². The van der Waals surface area contributed by atoms with Crippen LogP contribution in [-0.4, -0.2) is 45.5 Å². The number of anilines is 1. The molecule has 2 amide bonds. The van der Waals surface area contributed by atoms with Crippen molar-refractivity contribution >= 4 is 28.5 Å². The Bertz CT molecular complexity index is 1160. The van der Waals surface area contributed by atoms with Crippen LogP contribution in [-0.2, 0) is 16.1 Å². The number of pyridine rings is 2. The molecule has 0 aliphatic rings. The average Bonchev–Trinajstić information content (AvgIpc) is 3.22. The van der Waals surface area contributed by atoms with E-state index in [4.69, 9.17) is 0 Å². The summed E-state index contributed by atoms with van der Waals surface area (Å²) in [6.07, 6.45) is 2.52. The van der Waals surface area contributed by atoms with E-state index >= 15 is 0 Å². The first-order valence-electron chi connectivity index (χ1n) is 10.9. The highest BCUT2D eigenvalue weighted by Gasteiger charge is 2.30. The van der Waals surface area contributed by atoms with E-state index in [9.17, 15) is 22.8 Å². The van der Waals surface area contributed by atoms with E-state index in [-0.39, 0.29) is 11.8 Å². The first-order chi connectivity index (χ1) is 16.1. The Morgan fingerprint density at radius 3 is 2.56 bits per heavy atom. The lowest BCUT2D eigenvalue weighted by atomic mass is 10.0. The van der Waals surface area contributed by atoms with E-state index in [1.165, 1.54) is 6.20 Å². The van der Waals surface area contributed by atoms with Crippen LogP contribution in [0.15, 0.2) is 36.9 Å². The van der Waals surface area contributed by atoms with Gasteiger partial charge < -0.3 is 20.9 Å². The summed E-state index contributed by atoms with van der Waals surface area (Å²) in [6.45, 7) is 4.22. The fourth-order valence-corrected chi connectivity index (χ4v) is 3.39. The number of rotatable bonds is 9. The molecule has 0 fully saturated rings. The fraction of sp³-hybridized carbons (Fsp3) is 0.391. The third-order valence-corrected chi connectivity index (χ3v) is 5.18. The second-order valence-corrected chi connectivity index (χ2v) is 8.23. The number of carbonyl (C=O) groups excluding carboxylic acids is 2. The summed E-state index contributed by atoms with van der Waals surface area (Å²) in [6, 6.07) is 2.82. The van der Waals surface area contributed by atoms with Gasteiger partial charge in [-0.15, -0.1) is 0 Å². The van der Waals surface area contributed by atoms with Crippen molar-refractivity contribution < 1.29 is 22.8 Å². The minimum absolute atomic E-state index is 0.0589. The maximum Gasteiger partial charge on any atom is 0.405 e. The van der Waals surface area contributed by atoms with Crippen LogP contribution in [0.1, 0.15) is 32.8 Å². The standard InChI is InChI=1S/C23H27F3N6O2/c1-4-19(33)28-7-14-5-17-18(11-30-21(17)29-8-14)15-6-16(10-27-9-15)32-20(13(2)3)22(34)31-12-23(24,25)26/h5-6,8-11,13,20,32H,4,7,12H2,1-3H3,(H,28,33)(H,29,30)(H,31,34). The molecular weight excluding hydrogens is 449 g/mol. The summed E-state index contributed by atoms with van der Waals surface area (Å²) < 4.78 is 37.5. The van der Waals surface area contributed by atoms with Gasteiger partial charge >= 0.3 is 6.18 Å². The summed E-state index contributed by atoms with van der Waals surface area (Å²) in [7, 11) is 0. The number of nitrogens with one attached hydrogen (secondary N) is 4. The molecule has 1 atom stereocenters. The van der Waals surface area contributed by atoms with Gasteiger partial charge in [-0.1, -0.05) is 20.8 Å². The van der Waals surface area contributed by atoms with E-state index in [0.717, 1.165) is 22.1 Å². The van der Waals surface area contributed by atoms with Crippen molar-refractivity contribution in [1.82, 2.24) is 25.6 Å². The molecular formula is C23H27F3N6O2. The van der Waals surface area contributed by atoms with Crippen molar-refractivity contribution in [2.24, 2.45) is 5.92 Å². The van der Waals surface area contributed by atoms with Gasteiger partial charge in [0.2, 0.25) is 11.8 Å². The molecule has 3 aromatic heterocycles. The van der Waals surface area contributed by atoms with E-state index in [0.29, 0.717) is 24.3 Å². The number of hydrogen-bond donors (Lipinski definition) is 4. The Balaban J connectivity index is 1.82. The third kappa shape index (κ3) is 6.46. The summed E-state index contributed by atoms with van der Waals surface area (Å²) >= 11 is 0. The zero-order valence-corrected chi connectivity index (χ0v) is 19.1. The number of hydrogen-bond acceptors (Lipinski definition) is 5. The van der Waals surface area contributed by atoms with Gasteiger partial charge in [-0.25, -0.2) is 4.98 Å². The lowest BCUT2D eigenvalue weighted by molar-refractivity contribution is -0.139. The molecule has 3 aromatic rings. The highest BCUT2D eigenvalue weighted by Crippen LogP contribution is 2.29. The third-order valence-electron chi connectivity index (χ3n) is 5.18. The summed E-state index contributed by atoms with van der Waals surface area (Å²) in [5.74, 6) is -1.07. The van der Waals surface area contributed by atoms with Crippen molar-refractivity contribution in [2.75, 3.05) is 11.9 Å². The first-order valence-corrected chi connectivity index (χ1v) is 10.9. The van der Waals surface area contributed by atoms with Gasteiger partial charge in [-0.3, -0.25) is 14.6 Å². The largest absolute Gasteiger partial charge is 0.405 e. The Labute approximate surface area is 194 Å². The zero-order chi connectivity index (χ0) is 24.9. The molecule has 0 bridgehead atoms. The molecule has 4 N–H and O–H groups in total. The van der Waals surface area contributed by atoms with E-state index in [1.54, 1.807) is 45.4 Å². The Kier molecular flexibility index (Phi) is 7.75. The van der Waals surface area contributed by atoms with Crippen molar-refractivity contribution in [1.29, 1.82) is 0 Å². The number of halogens is 3. The topological polar surface area (TPSA) is 112 Å². The van der Waals surface area contributed by atoms with Crippen LogP contribution in [0.25, 0.3) is 22.2 Å². The molecule has 0 saturated heterocycles. The predicted molar refractivity (Wildman–Crippen MR) is 123 cm³/mol. The number of aromatic nitrogens is 3. The molecule has 182 valence electrons. The normalized spacial score (nSPS) is 12.6. The lowest BCUT2D eigenvalue weighted by Crippen LogP contribution is -2.46. The van der Waals surface area contributed by atoms with Crippen LogP contribution in [0.5, 0.6) is 0 Å². The molecule has 0 aromatic carbocycles. The molecule has 11 heteroatoms. The Morgan fingerprint density at radius 2 is 1.88 bits per heavy atom. The number of nitrogens with zero attached hydrogens (tertiary/aromatic N) is 2. The van der Waals surface area contributed by atoms with Crippen LogP contribution in [0.2, 0.25) is 0 Å². The van der Waals surface area contributed by atoms with Crippen molar-refractivity contribution in [3.05, 3.63) is 42.5 Å². The minimum Gasteiger partial charge on any atom is -0.372 e. The number of H-pyrrole nitrogens is 1. The number of aromatic amines is 1. The maximum atomic E-state index is 12.5. The molecule has 3 rings (SSSR count). The second kappa shape index (κ2) is 10.5. The van der Waals surface area contributed by atoms with Crippen LogP contribution >= 0.6 is 0 Å². The smallest absolute Gasteiger partial charge is 0.372 e. The van der Waals surface area contributed by atoms with Gasteiger partial charge in [0.25, 0.3) is 0 Å². The Morgan fingerprint density at radius 1 is 1.12 bits per heavy atom. The molecule has 1 unspecified atom stereocenters. The van der Waals surface area contributed by atoms with Crippen LogP contribution < -0.4 is 16.0 Å². The molecule has 0 saturated carbocycles. The van der Waals surface area contributed by atoms with Gasteiger partial charge in [-0.05, 0) is 23.6 Å². The van der Waals surface area contributed by atoms with E-state index in [2.05, 4.69) is 25.6 Å². The summed E-state index contributed by atoms with van der Waals surface area (Å²) in [5.41, 5.74) is 3.52. The van der Waals surface area contributed by atoms with Crippen molar-refractivity contribution in [3.63, 3.8) is 0 Å². The van der Waals surface area contributed by atoms with Gasteiger partial charge in [0.15, 0.2) is 0 Å². The average molecular weight is 477 g/mol. The fourth-order valence-electron chi connectivity index (χ4n) is 3.39. The van der Waals surface area contributed by atoms with Gasteiger partial charge in [0.1, 0.15) is 18.2 Å². The van der Waals surface area contributed by atoms with Crippen LogP contribution in [0, 0.1) is 5.92 Å². The monoisotopic (exact) mass is 476 g/mol. The SMILES string of the molecule is CCC(=O)NCc1cnc2[nH]cc(-c3cncc(NC(C(=O)NCC(F)(F)F)C(C)C)c3)c2c1. The predicted octanol–water partition coefficient (Wildman–Crippen LogP) is 3.77. The highest BCUT2D eigenvalue weighted by molar-refractivity contribution is 5.94. The molecule has 34 heavy (non-hydrogen) atoms. The zero-order valence-electron chi connectivity index (χ0n) is 19.1. The van der Waals surface area contributed by atoms with Crippen molar-refractivity contribution in [3.8, 4) is 11.1 Å². The number of amides is 2. The molecule has 0 radical (unpaired) electrons. The molecule has 0 aliphatic heterocycles. The minimum atomic E-state index is -4.49. The van der Waals surface area contributed by atoms with Crippen LogP contribution in [0.4, 0.5) is 18.9 Å². The number of fused-ring (bicyclic) bond motifs is 1. The first kappa shape index (κ1) is 25.0. The summed E-state index contributed by atoms with van der Waals surface area (Å²) in [4.78, 5) is 35.6. The Hall–Kier alpha value is -3.63. The van der Waals surface area contributed by atoms with Gasteiger partial charge in [0, 0.05) is 54.3 Å². The quantitative estimate of drug-likeness (QED) is 0.376. The molecule has 8 nitrogen and oxygen atoms in total. The summed E-state index contributed by atoms with van der Waals surface area (Å²) in [5, 5.41) is 8.57. The molecule has 0 spiro atoms. The second-order valence-electron chi connectivity index (χ2n) is 8.23. The van der Waals surface area contributed by atoms with Crippen LogP contribution in [0.3, 0.4) is 0 Å². The lowest BCUT2D eigenvalue weighted by Gasteiger charge is -2.23.